The van der Waals surface area contributed by atoms with E-state index in [0.717, 1.165) is 25.2 Å². The van der Waals surface area contributed by atoms with E-state index in [-0.39, 0.29) is 11.9 Å². The molecule has 2 aromatic carbocycles. The van der Waals surface area contributed by atoms with Crippen molar-refractivity contribution in [2.45, 2.75) is 12.2 Å². The van der Waals surface area contributed by atoms with Gasteiger partial charge in [-0.2, -0.15) is 13.2 Å². The highest BCUT2D eigenvalue weighted by molar-refractivity contribution is 5.99. The summed E-state index contributed by atoms with van der Waals surface area (Å²) in [6.45, 7) is 2.62. The number of hydrogen-bond acceptors (Lipinski definition) is 3. The molecule has 0 bridgehead atoms. The summed E-state index contributed by atoms with van der Waals surface area (Å²) in [6, 6.07) is 10.1. The molecule has 2 heterocycles. The Bertz CT molecular complexity index is 865. The summed E-state index contributed by atoms with van der Waals surface area (Å²) in [5.74, 6) is 0.432. The topological polar surface area (TPSA) is 32.8 Å². The summed E-state index contributed by atoms with van der Waals surface area (Å²) < 4.78 is 44.1. The van der Waals surface area contributed by atoms with Crippen molar-refractivity contribution < 1.29 is 22.7 Å². The fraction of sp³-hybridized carbons (Fsp3) is 0.350. The minimum Gasteiger partial charge on any atom is -0.491 e. The number of fused-ring (bicyclic) bond motifs is 2. The Morgan fingerprint density at radius 2 is 1.74 bits per heavy atom. The molecule has 4 rings (SSSR count). The summed E-state index contributed by atoms with van der Waals surface area (Å²) in [6.07, 6.45) is -4.37. The highest BCUT2D eigenvalue weighted by Gasteiger charge is 2.34. The summed E-state index contributed by atoms with van der Waals surface area (Å²) in [7, 11) is 2.02. The molecule has 2 aliphatic rings. The minimum atomic E-state index is -4.37. The molecular weight excluding hydrogens is 357 g/mol. The van der Waals surface area contributed by atoms with Crippen molar-refractivity contribution in [3.05, 3.63) is 53.6 Å². The number of nitrogens with zero attached hydrogens (tertiary/aromatic N) is 2. The van der Waals surface area contributed by atoms with Crippen molar-refractivity contribution in [1.82, 2.24) is 9.80 Å². The molecule has 4 nitrogen and oxygen atoms in total. The standard InChI is InChI=1S/C20H19F3N2O2/c1-24-8-9-25-16(11-24)12-27-18-7-4-14(10-17(18)19(25)26)13-2-5-15(6-3-13)20(21,22)23/h2-7,10,16H,8-9,11-12H2,1H3. The molecule has 1 unspecified atom stereocenters. The number of piperazine rings is 1. The first-order valence-corrected chi connectivity index (χ1v) is 8.77. The lowest BCUT2D eigenvalue weighted by molar-refractivity contribution is -0.137. The zero-order valence-corrected chi connectivity index (χ0v) is 14.8. The van der Waals surface area contributed by atoms with E-state index < -0.39 is 11.7 Å². The third kappa shape index (κ3) is 3.39. The van der Waals surface area contributed by atoms with Gasteiger partial charge in [-0.05, 0) is 42.4 Å². The lowest BCUT2D eigenvalue weighted by atomic mass is 10.00. The number of hydrogen-bond donors (Lipinski definition) is 0. The summed E-state index contributed by atoms with van der Waals surface area (Å²) in [4.78, 5) is 17.0. The summed E-state index contributed by atoms with van der Waals surface area (Å²) >= 11 is 0. The number of benzene rings is 2. The van der Waals surface area contributed by atoms with Crippen LogP contribution in [0.2, 0.25) is 0 Å². The van der Waals surface area contributed by atoms with E-state index in [2.05, 4.69) is 4.90 Å². The average molecular weight is 376 g/mol. The van der Waals surface area contributed by atoms with Crippen LogP contribution in [0.3, 0.4) is 0 Å². The Morgan fingerprint density at radius 1 is 1.04 bits per heavy atom. The number of halogens is 3. The monoisotopic (exact) mass is 376 g/mol. The van der Waals surface area contributed by atoms with E-state index in [4.69, 9.17) is 4.74 Å². The molecule has 27 heavy (non-hydrogen) atoms. The van der Waals surface area contributed by atoms with Gasteiger partial charge in [-0.15, -0.1) is 0 Å². The van der Waals surface area contributed by atoms with E-state index in [0.29, 0.717) is 35.6 Å². The van der Waals surface area contributed by atoms with Gasteiger partial charge in [0.25, 0.3) is 5.91 Å². The van der Waals surface area contributed by atoms with Crippen LogP contribution in [0.4, 0.5) is 13.2 Å². The zero-order valence-electron chi connectivity index (χ0n) is 14.8. The van der Waals surface area contributed by atoms with Crippen molar-refractivity contribution in [1.29, 1.82) is 0 Å². The van der Waals surface area contributed by atoms with Gasteiger partial charge in [0.15, 0.2) is 0 Å². The number of likely N-dealkylation sites (N-methyl/N-ethyl adjacent to an activating group) is 1. The van der Waals surface area contributed by atoms with Gasteiger partial charge in [0.05, 0.1) is 17.2 Å². The van der Waals surface area contributed by atoms with Crippen LogP contribution in [0.5, 0.6) is 5.75 Å². The highest BCUT2D eigenvalue weighted by Crippen LogP contribution is 2.33. The smallest absolute Gasteiger partial charge is 0.416 e. The first kappa shape index (κ1) is 17.9. The Hall–Kier alpha value is -2.54. The van der Waals surface area contributed by atoms with E-state index in [1.165, 1.54) is 12.1 Å². The van der Waals surface area contributed by atoms with Gasteiger partial charge in [-0.25, -0.2) is 0 Å². The Balaban J connectivity index is 1.66. The van der Waals surface area contributed by atoms with Crippen LogP contribution in [0.15, 0.2) is 42.5 Å². The minimum absolute atomic E-state index is 0.00170. The molecular formula is C20H19F3N2O2. The van der Waals surface area contributed by atoms with Crippen molar-refractivity contribution in [3.63, 3.8) is 0 Å². The Kier molecular flexibility index (Phi) is 4.34. The molecule has 2 aliphatic heterocycles. The normalized spacial score (nSPS) is 20.5. The van der Waals surface area contributed by atoms with Gasteiger partial charge in [-0.1, -0.05) is 18.2 Å². The molecule has 0 saturated carbocycles. The second-order valence-corrected chi connectivity index (χ2v) is 7.01. The lowest BCUT2D eigenvalue weighted by Gasteiger charge is -2.38. The lowest BCUT2D eigenvalue weighted by Crippen LogP contribution is -2.55. The van der Waals surface area contributed by atoms with Crippen LogP contribution in [0.1, 0.15) is 15.9 Å². The third-order valence-electron chi connectivity index (χ3n) is 5.13. The van der Waals surface area contributed by atoms with Gasteiger partial charge in [-0.3, -0.25) is 4.79 Å². The number of alkyl halides is 3. The first-order chi connectivity index (χ1) is 12.8. The number of carbonyl (C=O) groups excluding carboxylic acids is 1. The number of carbonyl (C=O) groups is 1. The Labute approximate surface area is 155 Å². The largest absolute Gasteiger partial charge is 0.491 e. The third-order valence-corrected chi connectivity index (χ3v) is 5.13. The highest BCUT2D eigenvalue weighted by atomic mass is 19.4. The molecule has 0 spiro atoms. The molecule has 2 aromatic rings. The summed E-state index contributed by atoms with van der Waals surface area (Å²) in [5.41, 5.74) is 1.07. The van der Waals surface area contributed by atoms with Crippen LogP contribution in [0.25, 0.3) is 11.1 Å². The van der Waals surface area contributed by atoms with Gasteiger partial charge < -0.3 is 14.5 Å². The summed E-state index contributed by atoms with van der Waals surface area (Å²) in [5, 5.41) is 0. The fourth-order valence-electron chi connectivity index (χ4n) is 3.62. The van der Waals surface area contributed by atoms with E-state index in [9.17, 15) is 18.0 Å². The molecule has 0 radical (unpaired) electrons. The second-order valence-electron chi connectivity index (χ2n) is 7.01. The van der Waals surface area contributed by atoms with Crippen LogP contribution < -0.4 is 4.74 Å². The molecule has 1 saturated heterocycles. The maximum atomic E-state index is 13.0. The van der Waals surface area contributed by atoms with E-state index in [1.54, 1.807) is 18.2 Å². The van der Waals surface area contributed by atoms with Crippen molar-refractivity contribution in [3.8, 4) is 16.9 Å². The van der Waals surface area contributed by atoms with Crippen molar-refractivity contribution in [2.24, 2.45) is 0 Å². The van der Waals surface area contributed by atoms with Gasteiger partial charge in [0, 0.05) is 19.6 Å². The van der Waals surface area contributed by atoms with E-state index in [1.807, 2.05) is 11.9 Å². The van der Waals surface area contributed by atoms with Gasteiger partial charge in [0.2, 0.25) is 0 Å². The molecule has 7 heteroatoms. The SMILES string of the molecule is CN1CCN2C(=O)c3cc(-c4ccc(C(F)(F)F)cc4)ccc3OCC2C1. The zero-order chi connectivity index (χ0) is 19.2. The van der Waals surface area contributed by atoms with Crippen molar-refractivity contribution in [2.75, 3.05) is 33.3 Å². The van der Waals surface area contributed by atoms with Crippen LogP contribution in [-0.2, 0) is 6.18 Å². The van der Waals surface area contributed by atoms with Gasteiger partial charge >= 0.3 is 6.18 Å². The molecule has 1 fully saturated rings. The molecule has 0 aromatic heterocycles. The van der Waals surface area contributed by atoms with Crippen molar-refractivity contribution >= 4 is 5.91 Å². The Morgan fingerprint density at radius 3 is 2.44 bits per heavy atom. The number of amides is 1. The quantitative estimate of drug-likeness (QED) is 0.764. The van der Waals surface area contributed by atoms with Crippen LogP contribution in [-0.4, -0.2) is 55.0 Å². The van der Waals surface area contributed by atoms with Gasteiger partial charge in [0.1, 0.15) is 12.4 Å². The first-order valence-electron chi connectivity index (χ1n) is 8.77. The number of rotatable bonds is 1. The predicted octanol–water partition coefficient (Wildman–Crippen LogP) is 3.52. The molecule has 1 atom stereocenters. The molecule has 0 N–H and O–H groups in total. The average Bonchev–Trinajstić information content (AvgIpc) is 2.78. The van der Waals surface area contributed by atoms with Crippen LogP contribution in [0, 0.1) is 0 Å². The maximum absolute atomic E-state index is 13.0. The fourth-order valence-corrected chi connectivity index (χ4v) is 3.62. The second kappa shape index (κ2) is 6.56. The van der Waals surface area contributed by atoms with E-state index >= 15 is 0 Å². The molecule has 1 amide bonds. The molecule has 142 valence electrons. The maximum Gasteiger partial charge on any atom is 0.416 e. The van der Waals surface area contributed by atoms with Crippen LogP contribution >= 0.6 is 0 Å². The molecule has 0 aliphatic carbocycles. The predicted molar refractivity (Wildman–Crippen MR) is 94.7 cm³/mol. The number of ether oxygens (including phenoxy) is 1.